The number of hydrogen-bond donors (Lipinski definition) is 1. The maximum atomic E-state index is 14.0. The SMILES string of the molecule is CC(C)C(NCc1cc(Br)ccc1F)c1ccc2c(c1)OCCO2. The molecule has 0 fully saturated rings. The summed E-state index contributed by atoms with van der Waals surface area (Å²) in [5, 5.41) is 3.47. The van der Waals surface area contributed by atoms with Crippen molar-refractivity contribution < 1.29 is 13.9 Å². The zero-order chi connectivity index (χ0) is 17.1. The largest absolute Gasteiger partial charge is 0.486 e. The van der Waals surface area contributed by atoms with E-state index in [0.29, 0.717) is 31.2 Å². The van der Waals surface area contributed by atoms with Crippen molar-refractivity contribution in [2.24, 2.45) is 5.92 Å². The number of nitrogens with one attached hydrogen (secondary N) is 1. The molecule has 2 aromatic rings. The van der Waals surface area contributed by atoms with Crippen molar-refractivity contribution in [3.63, 3.8) is 0 Å². The predicted octanol–water partition coefficient (Wildman–Crippen LogP) is 4.85. The van der Waals surface area contributed by atoms with E-state index in [4.69, 9.17) is 9.47 Å². The lowest BCUT2D eigenvalue weighted by atomic mass is 9.95. The molecule has 1 unspecified atom stereocenters. The van der Waals surface area contributed by atoms with Crippen molar-refractivity contribution in [2.75, 3.05) is 13.2 Å². The molecule has 0 saturated heterocycles. The Hall–Kier alpha value is -1.59. The van der Waals surface area contributed by atoms with Gasteiger partial charge in [-0.1, -0.05) is 35.8 Å². The van der Waals surface area contributed by atoms with Gasteiger partial charge in [-0.2, -0.15) is 0 Å². The molecule has 0 bridgehead atoms. The van der Waals surface area contributed by atoms with Crippen LogP contribution in [0.15, 0.2) is 40.9 Å². The van der Waals surface area contributed by atoms with Gasteiger partial charge in [-0.25, -0.2) is 4.39 Å². The quantitative estimate of drug-likeness (QED) is 0.787. The highest BCUT2D eigenvalue weighted by Gasteiger charge is 2.19. The molecule has 0 aliphatic carbocycles. The zero-order valence-corrected chi connectivity index (χ0v) is 15.4. The second kappa shape index (κ2) is 7.53. The average Bonchev–Trinajstić information content (AvgIpc) is 2.57. The molecule has 5 heteroatoms. The number of hydrogen-bond acceptors (Lipinski definition) is 3. The Morgan fingerprint density at radius 1 is 1.08 bits per heavy atom. The summed E-state index contributed by atoms with van der Waals surface area (Å²) in [7, 11) is 0. The molecule has 1 aliphatic rings. The number of benzene rings is 2. The van der Waals surface area contributed by atoms with Crippen LogP contribution in [0.2, 0.25) is 0 Å². The predicted molar refractivity (Wildman–Crippen MR) is 96.0 cm³/mol. The number of fused-ring (bicyclic) bond motifs is 1. The van der Waals surface area contributed by atoms with Crippen LogP contribution in [0.5, 0.6) is 11.5 Å². The van der Waals surface area contributed by atoms with E-state index in [1.807, 2.05) is 24.3 Å². The van der Waals surface area contributed by atoms with Gasteiger partial charge in [0.05, 0.1) is 0 Å². The molecule has 3 nitrogen and oxygen atoms in total. The summed E-state index contributed by atoms with van der Waals surface area (Å²) in [6, 6.07) is 11.1. The Morgan fingerprint density at radius 2 is 1.83 bits per heavy atom. The lowest BCUT2D eigenvalue weighted by molar-refractivity contribution is 0.171. The van der Waals surface area contributed by atoms with Crippen molar-refractivity contribution in [3.8, 4) is 11.5 Å². The first-order valence-electron chi connectivity index (χ1n) is 8.11. The maximum Gasteiger partial charge on any atom is 0.161 e. The molecule has 128 valence electrons. The summed E-state index contributed by atoms with van der Waals surface area (Å²) in [5.41, 5.74) is 1.76. The van der Waals surface area contributed by atoms with Gasteiger partial charge in [0, 0.05) is 22.6 Å². The molecule has 24 heavy (non-hydrogen) atoms. The fraction of sp³-hybridized carbons (Fsp3) is 0.368. The lowest BCUT2D eigenvalue weighted by Gasteiger charge is -2.25. The summed E-state index contributed by atoms with van der Waals surface area (Å²) < 4.78 is 26.1. The molecule has 1 N–H and O–H groups in total. The van der Waals surface area contributed by atoms with Crippen molar-refractivity contribution >= 4 is 15.9 Å². The Balaban J connectivity index is 1.79. The second-order valence-electron chi connectivity index (χ2n) is 6.24. The van der Waals surface area contributed by atoms with Crippen molar-refractivity contribution in [1.29, 1.82) is 0 Å². The summed E-state index contributed by atoms with van der Waals surface area (Å²) in [6.07, 6.45) is 0. The lowest BCUT2D eigenvalue weighted by Crippen LogP contribution is -2.26. The van der Waals surface area contributed by atoms with Crippen LogP contribution in [0.3, 0.4) is 0 Å². The molecule has 0 amide bonds. The van der Waals surface area contributed by atoms with Gasteiger partial charge in [-0.05, 0) is 41.8 Å². The first kappa shape index (κ1) is 17.2. The van der Waals surface area contributed by atoms with Crippen LogP contribution in [0.4, 0.5) is 4.39 Å². The summed E-state index contributed by atoms with van der Waals surface area (Å²) in [6.45, 7) is 5.90. The average molecular weight is 394 g/mol. The number of ether oxygens (including phenoxy) is 2. The fourth-order valence-corrected chi connectivity index (χ4v) is 3.30. The zero-order valence-electron chi connectivity index (χ0n) is 13.8. The van der Waals surface area contributed by atoms with Gasteiger partial charge in [0.15, 0.2) is 11.5 Å². The minimum Gasteiger partial charge on any atom is -0.486 e. The smallest absolute Gasteiger partial charge is 0.161 e. The van der Waals surface area contributed by atoms with Gasteiger partial charge in [0.1, 0.15) is 19.0 Å². The van der Waals surface area contributed by atoms with E-state index >= 15 is 0 Å². The highest BCUT2D eigenvalue weighted by atomic mass is 79.9. The van der Waals surface area contributed by atoms with Crippen LogP contribution >= 0.6 is 15.9 Å². The topological polar surface area (TPSA) is 30.5 Å². The van der Waals surface area contributed by atoms with Crippen LogP contribution < -0.4 is 14.8 Å². The normalized spacial score (nSPS) is 14.7. The van der Waals surface area contributed by atoms with Gasteiger partial charge in [-0.15, -0.1) is 0 Å². The van der Waals surface area contributed by atoms with E-state index in [2.05, 4.69) is 35.1 Å². The molecule has 0 radical (unpaired) electrons. The van der Waals surface area contributed by atoms with E-state index in [1.165, 1.54) is 6.07 Å². The monoisotopic (exact) mass is 393 g/mol. The molecule has 0 saturated carbocycles. The molecule has 0 aromatic heterocycles. The minimum absolute atomic E-state index is 0.0965. The minimum atomic E-state index is -0.199. The van der Waals surface area contributed by atoms with Gasteiger partial charge >= 0.3 is 0 Å². The standard InChI is InChI=1S/C19H21BrFNO2/c1-12(2)19(22-11-14-9-15(20)4-5-16(14)21)13-3-6-17-18(10-13)24-8-7-23-17/h3-6,9-10,12,19,22H,7-8,11H2,1-2H3. The maximum absolute atomic E-state index is 14.0. The highest BCUT2D eigenvalue weighted by Crippen LogP contribution is 2.34. The molecule has 1 atom stereocenters. The van der Waals surface area contributed by atoms with Crippen LogP contribution in [-0.4, -0.2) is 13.2 Å². The Morgan fingerprint density at radius 3 is 2.58 bits per heavy atom. The van der Waals surface area contributed by atoms with Crippen molar-refractivity contribution in [1.82, 2.24) is 5.32 Å². The van der Waals surface area contributed by atoms with Crippen molar-refractivity contribution in [2.45, 2.75) is 26.4 Å². The van der Waals surface area contributed by atoms with Crippen LogP contribution in [0.25, 0.3) is 0 Å². The van der Waals surface area contributed by atoms with E-state index < -0.39 is 0 Å². The summed E-state index contributed by atoms with van der Waals surface area (Å²) >= 11 is 3.39. The van der Waals surface area contributed by atoms with Gasteiger partial charge in [0.25, 0.3) is 0 Å². The molecular weight excluding hydrogens is 373 g/mol. The Bertz CT molecular complexity index is 721. The Labute approximate surface area is 150 Å². The van der Waals surface area contributed by atoms with Gasteiger partial charge < -0.3 is 14.8 Å². The molecule has 1 aliphatic heterocycles. The first-order valence-corrected chi connectivity index (χ1v) is 8.91. The fourth-order valence-electron chi connectivity index (χ4n) is 2.89. The summed E-state index contributed by atoms with van der Waals surface area (Å²) in [4.78, 5) is 0. The molecule has 3 rings (SSSR count). The van der Waals surface area contributed by atoms with Gasteiger partial charge in [0.2, 0.25) is 0 Å². The first-order chi connectivity index (χ1) is 11.5. The second-order valence-corrected chi connectivity index (χ2v) is 7.16. The third kappa shape index (κ3) is 3.90. The Kier molecular flexibility index (Phi) is 5.41. The van der Waals surface area contributed by atoms with E-state index in [0.717, 1.165) is 21.5 Å². The third-order valence-corrected chi connectivity index (χ3v) is 4.61. The van der Waals surface area contributed by atoms with Crippen LogP contribution in [0, 0.1) is 11.7 Å². The van der Waals surface area contributed by atoms with E-state index in [-0.39, 0.29) is 11.9 Å². The van der Waals surface area contributed by atoms with Crippen LogP contribution in [0.1, 0.15) is 31.0 Å². The van der Waals surface area contributed by atoms with Crippen LogP contribution in [-0.2, 0) is 6.54 Å². The molecule has 2 aromatic carbocycles. The number of rotatable bonds is 5. The molecule has 0 spiro atoms. The van der Waals surface area contributed by atoms with E-state index in [1.54, 1.807) is 6.07 Å². The number of halogens is 2. The summed E-state index contributed by atoms with van der Waals surface area (Å²) in [5.74, 6) is 1.71. The third-order valence-electron chi connectivity index (χ3n) is 4.11. The molecular formula is C19H21BrFNO2. The van der Waals surface area contributed by atoms with E-state index in [9.17, 15) is 4.39 Å². The van der Waals surface area contributed by atoms with Gasteiger partial charge in [-0.3, -0.25) is 0 Å². The van der Waals surface area contributed by atoms with Crippen molar-refractivity contribution in [3.05, 3.63) is 57.8 Å². The highest BCUT2D eigenvalue weighted by molar-refractivity contribution is 9.10. The molecule has 1 heterocycles.